The molecule has 0 unspecified atom stereocenters. The molecule has 2 N–H and O–H groups in total. The van der Waals surface area contributed by atoms with Crippen molar-refractivity contribution in [1.82, 2.24) is 0 Å². The molecule has 1 rings (SSSR count). The van der Waals surface area contributed by atoms with Gasteiger partial charge in [-0.05, 0) is 37.0 Å². The van der Waals surface area contributed by atoms with Crippen LogP contribution in [0.15, 0.2) is 23.1 Å². The number of benzene rings is 1. The molecule has 5 nitrogen and oxygen atoms in total. The van der Waals surface area contributed by atoms with Gasteiger partial charge in [-0.2, -0.15) is 0 Å². The predicted molar refractivity (Wildman–Crippen MR) is 77.2 cm³/mol. The van der Waals surface area contributed by atoms with E-state index in [0.29, 0.717) is 12.5 Å². The summed E-state index contributed by atoms with van der Waals surface area (Å²) in [4.78, 5) is 11.5. The lowest BCUT2D eigenvalue weighted by Gasteiger charge is -2.08. The van der Waals surface area contributed by atoms with Crippen LogP contribution in [0.2, 0.25) is 5.02 Å². The Bertz CT molecular complexity index is 584. The quantitative estimate of drug-likeness (QED) is 0.645. The fraction of sp³-hybridized carbons (Fsp3) is 0.462. The SMILES string of the molecule is CC(C)CCCOC(=O)c1ccc(Cl)c(S(N)(=O)=O)c1. The smallest absolute Gasteiger partial charge is 0.338 e. The summed E-state index contributed by atoms with van der Waals surface area (Å²) in [6.07, 6.45) is 1.72. The molecule has 0 saturated carbocycles. The Labute approximate surface area is 124 Å². The number of hydrogen-bond acceptors (Lipinski definition) is 4. The third kappa shape index (κ3) is 5.11. The highest BCUT2D eigenvalue weighted by molar-refractivity contribution is 7.89. The van der Waals surface area contributed by atoms with Gasteiger partial charge in [0, 0.05) is 0 Å². The molecular formula is C13H18ClNO4S. The molecule has 0 spiro atoms. The molecule has 0 aliphatic heterocycles. The molecule has 0 aliphatic carbocycles. The third-order valence-electron chi connectivity index (χ3n) is 2.63. The summed E-state index contributed by atoms with van der Waals surface area (Å²) < 4.78 is 27.7. The second kappa shape index (κ2) is 7.06. The van der Waals surface area contributed by atoms with E-state index in [1.807, 2.05) is 0 Å². The van der Waals surface area contributed by atoms with Crippen LogP contribution in [-0.4, -0.2) is 21.0 Å². The first-order valence-corrected chi connectivity index (χ1v) is 8.13. The summed E-state index contributed by atoms with van der Waals surface area (Å²) in [5, 5.41) is 4.99. The first kappa shape index (κ1) is 16.9. The summed E-state index contributed by atoms with van der Waals surface area (Å²) in [5.74, 6) is -0.0476. The van der Waals surface area contributed by atoms with Crippen molar-refractivity contribution in [3.05, 3.63) is 28.8 Å². The lowest BCUT2D eigenvalue weighted by Crippen LogP contribution is -2.14. The van der Waals surface area contributed by atoms with Crippen molar-refractivity contribution >= 4 is 27.6 Å². The first-order valence-electron chi connectivity index (χ1n) is 6.21. The Kier molecular flexibility index (Phi) is 5.98. The van der Waals surface area contributed by atoms with Crippen LogP contribution in [0.5, 0.6) is 0 Å². The van der Waals surface area contributed by atoms with Crippen LogP contribution in [0.1, 0.15) is 37.0 Å². The van der Waals surface area contributed by atoms with Crippen molar-refractivity contribution in [2.75, 3.05) is 6.61 Å². The van der Waals surface area contributed by atoms with Crippen molar-refractivity contribution in [2.24, 2.45) is 11.1 Å². The number of carbonyl (C=O) groups excluding carboxylic acids is 1. The molecule has 0 fully saturated rings. The van der Waals surface area contributed by atoms with Gasteiger partial charge in [0.2, 0.25) is 10.0 Å². The zero-order valence-corrected chi connectivity index (χ0v) is 13.0. The zero-order valence-electron chi connectivity index (χ0n) is 11.4. The number of hydrogen-bond donors (Lipinski definition) is 1. The van der Waals surface area contributed by atoms with E-state index in [4.69, 9.17) is 21.5 Å². The predicted octanol–water partition coefficient (Wildman–Crippen LogP) is 2.58. The summed E-state index contributed by atoms with van der Waals surface area (Å²) in [7, 11) is -3.97. The highest BCUT2D eigenvalue weighted by Gasteiger charge is 2.17. The Hall–Kier alpha value is -1.11. The Morgan fingerprint density at radius 2 is 2.05 bits per heavy atom. The minimum absolute atomic E-state index is 0.0242. The van der Waals surface area contributed by atoms with Gasteiger partial charge in [0.25, 0.3) is 0 Å². The molecule has 0 atom stereocenters. The van der Waals surface area contributed by atoms with Crippen molar-refractivity contribution in [1.29, 1.82) is 0 Å². The molecule has 0 radical (unpaired) electrons. The van der Waals surface area contributed by atoms with Gasteiger partial charge in [0.15, 0.2) is 0 Å². The van der Waals surface area contributed by atoms with Gasteiger partial charge in [0.1, 0.15) is 4.90 Å². The maximum atomic E-state index is 11.8. The van der Waals surface area contributed by atoms with Gasteiger partial charge in [-0.25, -0.2) is 18.4 Å². The fourth-order valence-corrected chi connectivity index (χ4v) is 2.66. The van der Waals surface area contributed by atoms with E-state index in [9.17, 15) is 13.2 Å². The molecule has 0 saturated heterocycles. The number of carbonyl (C=O) groups is 1. The standard InChI is InChI=1S/C13H18ClNO4S/c1-9(2)4-3-7-19-13(16)10-5-6-11(14)12(8-10)20(15,17)18/h5-6,8-9H,3-4,7H2,1-2H3,(H2,15,17,18). The molecule has 0 heterocycles. The summed E-state index contributed by atoms with van der Waals surface area (Å²) in [6, 6.07) is 3.84. The largest absolute Gasteiger partial charge is 0.462 e. The van der Waals surface area contributed by atoms with Crippen molar-refractivity contribution in [3.63, 3.8) is 0 Å². The average Bonchev–Trinajstić information content (AvgIpc) is 2.33. The number of halogens is 1. The number of esters is 1. The van der Waals surface area contributed by atoms with Gasteiger partial charge in [-0.3, -0.25) is 0 Å². The van der Waals surface area contributed by atoms with Crippen LogP contribution in [-0.2, 0) is 14.8 Å². The maximum absolute atomic E-state index is 11.8. The second-order valence-corrected chi connectivity index (χ2v) is 6.80. The monoisotopic (exact) mass is 319 g/mol. The molecule has 0 bridgehead atoms. The van der Waals surface area contributed by atoms with Crippen LogP contribution >= 0.6 is 11.6 Å². The summed E-state index contributed by atoms with van der Waals surface area (Å²) in [6.45, 7) is 4.46. The molecule has 0 aromatic heterocycles. The van der Waals surface area contributed by atoms with E-state index >= 15 is 0 Å². The molecule has 7 heteroatoms. The minimum Gasteiger partial charge on any atom is -0.462 e. The van der Waals surface area contributed by atoms with E-state index in [1.54, 1.807) is 0 Å². The topological polar surface area (TPSA) is 86.5 Å². The molecule has 0 aliphatic rings. The second-order valence-electron chi connectivity index (χ2n) is 4.86. The lowest BCUT2D eigenvalue weighted by molar-refractivity contribution is 0.0494. The highest BCUT2D eigenvalue weighted by Crippen LogP contribution is 2.22. The number of rotatable bonds is 6. The van der Waals surface area contributed by atoms with E-state index in [1.165, 1.54) is 12.1 Å². The van der Waals surface area contributed by atoms with Crippen LogP contribution in [0.4, 0.5) is 0 Å². The van der Waals surface area contributed by atoms with Crippen LogP contribution < -0.4 is 5.14 Å². The summed E-state index contributed by atoms with van der Waals surface area (Å²) in [5.41, 5.74) is 0.114. The van der Waals surface area contributed by atoms with E-state index in [-0.39, 0.29) is 15.5 Å². The van der Waals surface area contributed by atoms with Gasteiger partial charge < -0.3 is 4.74 Å². The molecule has 112 valence electrons. The van der Waals surface area contributed by atoms with Gasteiger partial charge in [-0.15, -0.1) is 0 Å². The minimum atomic E-state index is -3.97. The lowest BCUT2D eigenvalue weighted by atomic mass is 10.1. The molecule has 1 aromatic rings. The number of sulfonamides is 1. The number of primary sulfonamides is 1. The van der Waals surface area contributed by atoms with E-state index in [2.05, 4.69) is 13.8 Å². The van der Waals surface area contributed by atoms with Gasteiger partial charge in [-0.1, -0.05) is 25.4 Å². The fourth-order valence-electron chi connectivity index (χ4n) is 1.59. The average molecular weight is 320 g/mol. The first-order chi connectivity index (χ1) is 9.21. The normalized spacial score (nSPS) is 11.7. The van der Waals surface area contributed by atoms with Crippen LogP contribution in [0.3, 0.4) is 0 Å². The third-order valence-corrected chi connectivity index (χ3v) is 4.02. The van der Waals surface area contributed by atoms with Gasteiger partial charge >= 0.3 is 5.97 Å². The van der Waals surface area contributed by atoms with Gasteiger partial charge in [0.05, 0.1) is 17.2 Å². The van der Waals surface area contributed by atoms with Crippen LogP contribution in [0, 0.1) is 5.92 Å². The van der Waals surface area contributed by atoms with E-state index in [0.717, 1.165) is 18.9 Å². The van der Waals surface area contributed by atoms with Crippen molar-refractivity contribution < 1.29 is 17.9 Å². The van der Waals surface area contributed by atoms with Crippen LogP contribution in [0.25, 0.3) is 0 Å². The van der Waals surface area contributed by atoms with Crippen molar-refractivity contribution in [2.45, 2.75) is 31.6 Å². The Balaban J connectivity index is 2.75. The maximum Gasteiger partial charge on any atom is 0.338 e. The van der Waals surface area contributed by atoms with E-state index < -0.39 is 16.0 Å². The molecular weight excluding hydrogens is 302 g/mol. The number of nitrogens with two attached hydrogens (primary N) is 1. The highest BCUT2D eigenvalue weighted by atomic mass is 35.5. The van der Waals surface area contributed by atoms with Crippen molar-refractivity contribution in [3.8, 4) is 0 Å². The Morgan fingerprint density at radius 3 is 2.60 bits per heavy atom. The molecule has 0 amide bonds. The summed E-state index contributed by atoms with van der Waals surface area (Å²) >= 11 is 5.74. The Morgan fingerprint density at radius 1 is 1.40 bits per heavy atom. The molecule has 20 heavy (non-hydrogen) atoms. The zero-order chi connectivity index (χ0) is 15.3. The molecule has 1 aromatic carbocycles. The number of ether oxygens (including phenoxy) is 1.